The molecule has 2 aromatic rings. The SMILES string of the molecule is N[C@@H](Cc1cnc[nH]1)c1noc([C@H](CC(=O)O)NC(=O)N[C@@H](CO)C(=O)[OH2+])n1. The lowest BCUT2D eigenvalue weighted by Gasteiger charge is -2.15. The predicted octanol–water partition coefficient (Wildman–Crippen LogP) is -2.54. The zero-order valence-electron chi connectivity index (χ0n) is 14.5. The van der Waals surface area contributed by atoms with E-state index in [0.29, 0.717) is 6.42 Å². The first-order chi connectivity index (χ1) is 13.3. The molecular formula is C14H20N7O7+. The van der Waals surface area contributed by atoms with E-state index in [1.54, 1.807) is 6.20 Å². The third-order valence-electron chi connectivity index (χ3n) is 3.57. The second-order valence-corrected chi connectivity index (χ2v) is 5.75. The van der Waals surface area contributed by atoms with Crippen molar-refractivity contribution < 1.29 is 34.2 Å². The van der Waals surface area contributed by atoms with Crippen LogP contribution >= 0.6 is 0 Å². The minimum Gasteiger partial charge on any atom is -0.563 e. The van der Waals surface area contributed by atoms with Crippen molar-refractivity contribution in [3.8, 4) is 0 Å². The van der Waals surface area contributed by atoms with E-state index < -0.39 is 49.1 Å². The van der Waals surface area contributed by atoms with E-state index in [1.165, 1.54) is 6.33 Å². The summed E-state index contributed by atoms with van der Waals surface area (Å²) in [5.74, 6) is -2.58. The molecule has 152 valence electrons. The highest BCUT2D eigenvalue weighted by Gasteiger charge is 2.29. The van der Waals surface area contributed by atoms with Crippen molar-refractivity contribution in [2.75, 3.05) is 6.61 Å². The number of carbonyl (C=O) groups excluding carboxylic acids is 2. The van der Waals surface area contributed by atoms with Crippen LogP contribution in [-0.4, -0.2) is 66.0 Å². The predicted molar refractivity (Wildman–Crippen MR) is 89.7 cm³/mol. The van der Waals surface area contributed by atoms with Gasteiger partial charge in [-0.1, -0.05) is 5.16 Å². The standard InChI is InChI=1S/C14H19N7O7/c15-7(1-6-3-16-5-17-6)11-20-12(28-21-11)8(2-10(23)24)18-14(27)19-9(4-22)13(25)26/h3,5,7-9,22H,1-2,4,15H2,(H,16,17)(H,23,24)(H,25,26)(H2,18,19,27)/p+1/t7-,8-,9-/m0/s1. The number of rotatable bonds is 10. The van der Waals surface area contributed by atoms with Crippen LogP contribution in [0.1, 0.15) is 35.9 Å². The number of aliphatic hydroxyl groups excluding tert-OH is 1. The molecule has 2 heterocycles. The molecule has 28 heavy (non-hydrogen) atoms. The number of hydrogen-bond acceptors (Lipinski definition) is 9. The molecular weight excluding hydrogens is 378 g/mol. The molecule has 0 spiro atoms. The van der Waals surface area contributed by atoms with E-state index in [4.69, 9.17) is 25.6 Å². The molecule has 0 saturated carbocycles. The van der Waals surface area contributed by atoms with Gasteiger partial charge in [-0.3, -0.25) is 4.79 Å². The summed E-state index contributed by atoms with van der Waals surface area (Å²) in [4.78, 5) is 44.8. The first-order valence-electron chi connectivity index (χ1n) is 8.01. The number of hydrogen-bond donors (Lipinski definition) is 6. The summed E-state index contributed by atoms with van der Waals surface area (Å²) in [6, 6.07) is -4.34. The topological polar surface area (TPSA) is 232 Å². The quantitative estimate of drug-likeness (QED) is 0.229. The van der Waals surface area contributed by atoms with Gasteiger partial charge >= 0.3 is 18.0 Å². The minimum atomic E-state index is -1.45. The molecule has 9 N–H and O–H groups in total. The number of carboxylic acids is 1. The molecule has 0 bridgehead atoms. The molecule has 14 nitrogen and oxygen atoms in total. The number of nitrogens with two attached hydrogens (primary N) is 1. The van der Waals surface area contributed by atoms with Gasteiger partial charge in [0.2, 0.25) is 11.9 Å². The fourth-order valence-electron chi connectivity index (χ4n) is 2.19. The smallest absolute Gasteiger partial charge is 0.541 e. The van der Waals surface area contributed by atoms with Crippen LogP contribution in [0.15, 0.2) is 17.0 Å². The summed E-state index contributed by atoms with van der Waals surface area (Å²) in [5.41, 5.74) is 6.71. The van der Waals surface area contributed by atoms with Crippen LogP contribution in [0.5, 0.6) is 0 Å². The van der Waals surface area contributed by atoms with E-state index in [1.807, 2.05) is 5.32 Å². The molecule has 0 aromatic carbocycles. The highest BCUT2D eigenvalue weighted by Crippen LogP contribution is 2.18. The molecule has 2 rings (SSSR count). The third kappa shape index (κ3) is 5.75. The Hall–Kier alpha value is -3.52. The first-order valence-corrected chi connectivity index (χ1v) is 8.01. The van der Waals surface area contributed by atoms with E-state index in [0.717, 1.165) is 5.69 Å². The van der Waals surface area contributed by atoms with Gasteiger partial charge in [-0.05, 0) is 0 Å². The molecule has 14 heteroatoms. The van der Waals surface area contributed by atoms with Crippen LogP contribution in [0.3, 0.4) is 0 Å². The summed E-state index contributed by atoms with van der Waals surface area (Å²) in [6.45, 7) is -0.785. The Morgan fingerprint density at radius 3 is 2.68 bits per heavy atom. The Bertz CT molecular complexity index is 807. The number of aliphatic hydroxyl groups is 1. The second kappa shape index (κ2) is 9.43. The lowest BCUT2D eigenvalue weighted by molar-refractivity contribution is -0.140. The molecule has 0 aliphatic heterocycles. The van der Waals surface area contributed by atoms with Gasteiger partial charge in [0, 0.05) is 23.1 Å². The van der Waals surface area contributed by atoms with Crippen LogP contribution in [0, 0.1) is 0 Å². The van der Waals surface area contributed by atoms with Crippen molar-refractivity contribution in [2.24, 2.45) is 5.73 Å². The molecule has 2 amide bonds. The molecule has 0 aliphatic rings. The number of aromatic amines is 1. The fraction of sp³-hybridized carbons (Fsp3) is 0.429. The van der Waals surface area contributed by atoms with Crippen molar-refractivity contribution in [1.82, 2.24) is 30.7 Å². The Balaban J connectivity index is 2.08. The zero-order chi connectivity index (χ0) is 20.7. The molecule has 0 saturated heterocycles. The Morgan fingerprint density at radius 1 is 1.36 bits per heavy atom. The largest absolute Gasteiger partial charge is 0.563 e. The maximum Gasteiger partial charge on any atom is 0.541 e. The van der Waals surface area contributed by atoms with Crippen molar-refractivity contribution >= 4 is 18.0 Å². The summed E-state index contributed by atoms with van der Waals surface area (Å²) in [5, 5.41) is 32.9. The second-order valence-electron chi connectivity index (χ2n) is 5.75. The van der Waals surface area contributed by atoms with Gasteiger partial charge in [0.15, 0.2) is 5.82 Å². The number of imidazole rings is 1. The highest BCUT2D eigenvalue weighted by molar-refractivity contribution is 5.83. The number of aliphatic carboxylic acids is 1. The highest BCUT2D eigenvalue weighted by atomic mass is 16.5. The van der Waals surface area contributed by atoms with Gasteiger partial charge < -0.3 is 41.2 Å². The fourth-order valence-corrected chi connectivity index (χ4v) is 2.19. The third-order valence-corrected chi connectivity index (χ3v) is 3.57. The number of nitrogens with zero attached hydrogens (tertiary/aromatic N) is 3. The summed E-state index contributed by atoms with van der Waals surface area (Å²) >= 11 is 0. The number of carbonyl (C=O) groups is 3. The van der Waals surface area contributed by atoms with Crippen molar-refractivity contribution in [3.63, 3.8) is 0 Å². The van der Waals surface area contributed by atoms with Crippen LogP contribution in [-0.2, 0) is 16.0 Å². The number of H-pyrrole nitrogens is 1. The van der Waals surface area contributed by atoms with Crippen LogP contribution in [0.2, 0.25) is 0 Å². The Kier molecular flexibility index (Phi) is 7.00. The van der Waals surface area contributed by atoms with Gasteiger partial charge in [0.05, 0.1) is 25.4 Å². The monoisotopic (exact) mass is 398 g/mol. The summed E-state index contributed by atoms with van der Waals surface area (Å²) in [6.07, 6.45) is 2.78. The first kappa shape index (κ1) is 20.8. The molecule has 0 aliphatic carbocycles. The summed E-state index contributed by atoms with van der Waals surface area (Å²) < 4.78 is 5.02. The Morgan fingerprint density at radius 2 is 2.11 bits per heavy atom. The minimum absolute atomic E-state index is 0.0942. The van der Waals surface area contributed by atoms with Crippen LogP contribution < -0.4 is 16.4 Å². The van der Waals surface area contributed by atoms with Crippen LogP contribution in [0.25, 0.3) is 0 Å². The van der Waals surface area contributed by atoms with E-state index in [2.05, 4.69) is 25.4 Å². The summed E-state index contributed by atoms with van der Waals surface area (Å²) in [7, 11) is 0. The zero-order valence-corrected chi connectivity index (χ0v) is 14.5. The average molecular weight is 398 g/mol. The van der Waals surface area contributed by atoms with E-state index >= 15 is 0 Å². The normalized spacial score (nSPS) is 14.1. The lowest BCUT2D eigenvalue weighted by atomic mass is 10.1. The molecule has 0 fully saturated rings. The number of urea groups is 1. The number of nitrogens with one attached hydrogen (secondary N) is 3. The number of aromatic nitrogens is 4. The van der Waals surface area contributed by atoms with Crippen molar-refractivity contribution in [3.05, 3.63) is 29.9 Å². The van der Waals surface area contributed by atoms with Crippen LogP contribution in [0.4, 0.5) is 4.79 Å². The van der Waals surface area contributed by atoms with Crippen molar-refractivity contribution in [1.29, 1.82) is 0 Å². The molecule has 0 radical (unpaired) electrons. The average Bonchev–Trinajstić information content (AvgIpc) is 3.30. The molecule has 0 unspecified atom stereocenters. The number of carboxylic acid groups (broad SMARTS) is 1. The van der Waals surface area contributed by atoms with Gasteiger partial charge in [0.1, 0.15) is 6.04 Å². The van der Waals surface area contributed by atoms with Gasteiger partial charge in [-0.2, -0.15) is 4.98 Å². The molecule has 2 aromatic heterocycles. The van der Waals surface area contributed by atoms with Gasteiger partial charge in [0.25, 0.3) is 0 Å². The molecule has 3 atom stereocenters. The number of amides is 2. The van der Waals surface area contributed by atoms with E-state index in [9.17, 15) is 14.4 Å². The maximum absolute atomic E-state index is 11.9. The lowest BCUT2D eigenvalue weighted by Crippen LogP contribution is -2.48. The maximum atomic E-state index is 11.9. The van der Waals surface area contributed by atoms with Gasteiger partial charge in [-0.15, -0.1) is 0 Å². The van der Waals surface area contributed by atoms with Crippen molar-refractivity contribution in [2.45, 2.75) is 31.0 Å². The van der Waals surface area contributed by atoms with E-state index in [-0.39, 0.29) is 11.7 Å². The van der Waals surface area contributed by atoms with Gasteiger partial charge in [-0.25, -0.2) is 9.78 Å². The Labute approximate surface area is 157 Å².